The van der Waals surface area contributed by atoms with Crippen molar-refractivity contribution in [3.05, 3.63) is 46.6 Å². The SMILES string of the molecule is Cc1ccc(S(=O)(=O)Nc2cc(Br)cnc2N2CC(N(C)C)C2)cc1. The van der Waals surface area contributed by atoms with Crippen molar-refractivity contribution in [2.45, 2.75) is 17.9 Å². The molecule has 0 unspecified atom stereocenters. The molecule has 134 valence electrons. The average Bonchev–Trinajstić information content (AvgIpc) is 2.47. The Bertz CT molecular complexity index is 863. The molecule has 2 heterocycles. The van der Waals surface area contributed by atoms with Crippen LogP contribution < -0.4 is 9.62 Å². The molecule has 6 nitrogen and oxygen atoms in total. The Labute approximate surface area is 157 Å². The summed E-state index contributed by atoms with van der Waals surface area (Å²) in [6.45, 7) is 3.56. The van der Waals surface area contributed by atoms with Crippen molar-refractivity contribution in [1.82, 2.24) is 9.88 Å². The van der Waals surface area contributed by atoms with Gasteiger partial charge in [-0.2, -0.15) is 0 Å². The quantitative estimate of drug-likeness (QED) is 0.798. The minimum absolute atomic E-state index is 0.235. The van der Waals surface area contributed by atoms with Crippen LogP contribution in [-0.2, 0) is 10.0 Å². The van der Waals surface area contributed by atoms with Crippen LogP contribution >= 0.6 is 15.9 Å². The van der Waals surface area contributed by atoms with Crippen molar-refractivity contribution in [3.63, 3.8) is 0 Å². The van der Waals surface area contributed by atoms with E-state index in [2.05, 4.69) is 35.4 Å². The third kappa shape index (κ3) is 3.96. The van der Waals surface area contributed by atoms with Gasteiger partial charge in [0, 0.05) is 29.8 Å². The number of aryl methyl sites for hydroxylation is 1. The fourth-order valence-corrected chi connectivity index (χ4v) is 4.02. The van der Waals surface area contributed by atoms with Gasteiger partial charge in [-0.25, -0.2) is 13.4 Å². The molecule has 1 saturated heterocycles. The zero-order valence-corrected chi connectivity index (χ0v) is 16.8. The second kappa shape index (κ2) is 6.93. The number of anilines is 2. The topological polar surface area (TPSA) is 65.5 Å². The molecule has 1 fully saturated rings. The second-order valence-corrected chi connectivity index (χ2v) is 9.06. The van der Waals surface area contributed by atoms with Crippen molar-refractivity contribution >= 4 is 37.5 Å². The van der Waals surface area contributed by atoms with E-state index in [9.17, 15) is 8.42 Å². The highest BCUT2D eigenvalue weighted by Gasteiger charge is 2.31. The molecule has 1 aromatic heterocycles. The summed E-state index contributed by atoms with van der Waals surface area (Å²) >= 11 is 3.37. The Kier molecular flexibility index (Phi) is 5.04. The summed E-state index contributed by atoms with van der Waals surface area (Å²) < 4.78 is 28.8. The Morgan fingerprint density at radius 1 is 1.24 bits per heavy atom. The first-order valence-corrected chi connectivity index (χ1v) is 10.2. The minimum Gasteiger partial charge on any atom is -0.352 e. The third-order valence-corrected chi connectivity index (χ3v) is 6.12. The van der Waals surface area contributed by atoms with Crippen molar-refractivity contribution in [1.29, 1.82) is 0 Å². The van der Waals surface area contributed by atoms with Crippen LogP contribution in [0.25, 0.3) is 0 Å². The molecule has 2 aromatic rings. The molecule has 1 N–H and O–H groups in total. The zero-order valence-electron chi connectivity index (χ0n) is 14.4. The van der Waals surface area contributed by atoms with Gasteiger partial charge in [-0.3, -0.25) is 4.72 Å². The summed E-state index contributed by atoms with van der Waals surface area (Å²) in [6, 6.07) is 8.98. The van der Waals surface area contributed by atoms with Crippen LogP contribution in [0.15, 0.2) is 45.9 Å². The first-order chi connectivity index (χ1) is 11.8. The summed E-state index contributed by atoms with van der Waals surface area (Å²) in [5.41, 5.74) is 1.49. The van der Waals surface area contributed by atoms with Gasteiger partial charge in [0.25, 0.3) is 10.0 Å². The first kappa shape index (κ1) is 18.2. The summed E-state index contributed by atoms with van der Waals surface area (Å²) in [4.78, 5) is 8.89. The Morgan fingerprint density at radius 3 is 2.48 bits per heavy atom. The molecule has 0 amide bonds. The fourth-order valence-electron chi connectivity index (χ4n) is 2.64. The van der Waals surface area contributed by atoms with Crippen LogP contribution in [0.3, 0.4) is 0 Å². The number of nitrogens with zero attached hydrogens (tertiary/aromatic N) is 3. The number of pyridine rings is 1. The van der Waals surface area contributed by atoms with E-state index >= 15 is 0 Å². The van der Waals surface area contributed by atoms with Crippen LogP contribution in [0.5, 0.6) is 0 Å². The summed E-state index contributed by atoms with van der Waals surface area (Å²) in [7, 11) is 0.415. The Balaban J connectivity index is 1.87. The van der Waals surface area contributed by atoms with Gasteiger partial charge in [0.05, 0.1) is 10.6 Å². The lowest BCUT2D eigenvalue weighted by Crippen LogP contribution is -2.57. The number of benzene rings is 1. The van der Waals surface area contributed by atoms with Gasteiger partial charge in [0.1, 0.15) is 0 Å². The van der Waals surface area contributed by atoms with Crippen molar-refractivity contribution < 1.29 is 8.42 Å². The number of sulfonamides is 1. The van der Waals surface area contributed by atoms with Gasteiger partial charge >= 0.3 is 0 Å². The summed E-state index contributed by atoms with van der Waals surface area (Å²) in [5.74, 6) is 0.650. The number of halogens is 1. The fraction of sp³-hybridized carbons (Fsp3) is 0.353. The highest BCUT2D eigenvalue weighted by atomic mass is 79.9. The predicted molar refractivity (Wildman–Crippen MR) is 104 cm³/mol. The maximum absolute atomic E-state index is 12.7. The van der Waals surface area contributed by atoms with Gasteiger partial charge in [-0.05, 0) is 55.1 Å². The van der Waals surface area contributed by atoms with Crippen molar-refractivity contribution in [2.75, 3.05) is 36.8 Å². The lowest BCUT2D eigenvalue weighted by Gasteiger charge is -2.44. The van der Waals surface area contributed by atoms with E-state index in [0.717, 1.165) is 23.1 Å². The molecule has 3 rings (SSSR count). The molecule has 0 aliphatic carbocycles. The molecule has 1 aliphatic rings. The molecule has 0 atom stereocenters. The largest absolute Gasteiger partial charge is 0.352 e. The van der Waals surface area contributed by atoms with Gasteiger partial charge in [0.15, 0.2) is 5.82 Å². The van der Waals surface area contributed by atoms with Gasteiger partial charge in [0.2, 0.25) is 0 Å². The van der Waals surface area contributed by atoms with Crippen molar-refractivity contribution in [2.24, 2.45) is 0 Å². The number of rotatable bonds is 5. The summed E-state index contributed by atoms with van der Waals surface area (Å²) in [6.07, 6.45) is 1.68. The zero-order chi connectivity index (χ0) is 18.2. The van der Waals surface area contributed by atoms with Crippen LogP contribution in [0.4, 0.5) is 11.5 Å². The van der Waals surface area contributed by atoms with E-state index in [1.165, 1.54) is 0 Å². The normalized spacial score (nSPS) is 15.3. The van der Waals surface area contributed by atoms with Crippen LogP contribution in [-0.4, -0.2) is 51.5 Å². The van der Waals surface area contributed by atoms with E-state index in [4.69, 9.17) is 0 Å². The molecule has 0 bridgehead atoms. The molecule has 0 saturated carbocycles. The first-order valence-electron chi connectivity index (χ1n) is 7.92. The number of aromatic nitrogens is 1. The molecular weight excluding hydrogens is 404 g/mol. The van der Waals surface area contributed by atoms with E-state index in [1.807, 2.05) is 21.0 Å². The average molecular weight is 425 g/mol. The maximum Gasteiger partial charge on any atom is 0.262 e. The van der Waals surface area contributed by atoms with Crippen LogP contribution in [0.1, 0.15) is 5.56 Å². The number of hydrogen-bond donors (Lipinski definition) is 1. The van der Waals surface area contributed by atoms with E-state index in [0.29, 0.717) is 17.5 Å². The van der Waals surface area contributed by atoms with Crippen LogP contribution in [0.2, 0.25) is 0 Å². The molecule has 1 aliphatic heterocycles. The molecule has 1 aromatic carbocycles. The van der Waals surface area contributed by atoms with E-state index in [-0.39, 0.29) is 4.90 Å². The maximum atomic E-state index is 12.7. The third-order valence-electron chi connectivity index (χ3n) is 4.30. The number of nitrogens with one attached hydrogen (secondary N) is 1. The van der Waals surface area contributed by atoms with E-state index in [1.54, 1.807) is 36.5 Å². The molecule has 0 spiro atoms. The minimum atomic E-state index is -3.66. The van der Waals surface area contributed by atoms with Gasteiger partial charge in [-0.1, -0.05) is 17.7 Å². The Hall–Kier alpha value is -1.64. The second-order valence-electron chi connectivity index (χ2n) is 6.47. The molecule has 25 heavy (non-hydrogen) atoms. The predicted octanol–water partition coefficient (Wildman–Crippen LogP) is 2.70. The highest BCUT2D eigenvalue weighted by molar-refractivity contribution is 9.10. The standard InChI is InChI=1S/C17H21BrN4O2S/c1-12-4-6-15(7-5-12)25(23,24)20-16-8-13(18)9-19-17(16)22-10-14(11-22)21(2)3/h4-9,14,20H,10-11H2,1-3H3. The van der Waals surface area contributed by atoms with E-state index < -0.39 is 10.0 Å². The lowest BCUT2D eigenvalue weighted by molar-refractivity contribution is 0.246. The number of likely N-dealkylation sites (N-methyl/N-ethyl adjacent to an activating group) is 1. The van der Waals surface area contributed by atoms with Gasteiger partial charge < -0.3 is 9.80 Å². The summed E-state index contributed by atoms with van der Waals surface area (Å²) in [5, 5.41) is 0. The Morgan fingerprint density at radius 2 is 1.88 bits per heavy atom. The smallest absolute Gasteiger partial charge is 0.262 e. The molecular formula is C17H21BrN4O2S. The molecule has 0 radical (unpaired) electrons. The molecule has 8 heteroatoms. The lowest BCUT2D eigenvalue weighted by atomic mass is 10.1. The van der Waals surface area contributed by atoms with Crippen molar-refractivity contribution in [3.8, 4) is 0 Å². The van der Waals surface area contributed by atoms with Crippen LogP contribution in [0, 0.1) is 6.92 Å². The monoisotopic (exact) mass is 424 g/mol. The number of hydrogen-bond acceptors (Lipinski definition) is 5. The highest BCUT2D eigenvalue weighted by Crippen LogP contribution is 2.32. The van der Waals surface area contributed by atoms with Gasteiger partial charge in [-0.15, -0.1) is 0 Å².